The van der Waals surface area contributed by atoms with Crippen LogP contribution in [0.1, 0.15) is 10.4 Å². The average Bonchev–Trinajstić information content (AvgIpc) is 2.17. The molecular formula is C9H7FKN2O3+. The summed E-state index contributed by atoms with van der Waals surface area (Å²) >= 11 is 0. The van der Waals surface area contributed by atoms with Crippen molar-refractivity contribution < 1.29 is 70.7 Å². The first-order chi connectivity index (χ1) is 7.09. The number of pyridine rings is 1. The molecule has 1 heterocycles. The van der Waals surface area contributed by atoms with E-state index < -0.39 is 16.5 Å². The van der Waals surface area contributed by atoms with Gasteiger partial charge in [0.05, 0.1) is 6.20 Å². The van der Waals surface area contributed by atoms with Gasteiger partial charge in [-0.25, -0.2) is 4.39 Å². The van der Waals surface area contributed by atoms with E-state index in [0.717, 1.165) is 30.6 Å². The van der Waals surface area contributed by atoms with Crippen LogP contribution in [0.4, 0.5) is 4.39 Å². The van der Waals surface area contributed by atoms with Crippen molar-refractivity contribution in [3.8, 4) is 0 Å². The van der Waals surface area contributed by atoms with Crippen molar-refractivity contribution in [1.29, 1.82) is 0 Å². The molecule has 1 rings (SSSR count). The van der Waals surface area contributed by atoms with Gasteiger partial charge in [-0.15, -0.1) is 0 Å². The maximum atomic E-state index is 12.6. The van der Waals surface area contributed by atoms with Gasteiger partial charge in [0.15, 0.2) is 5.78 Å². The second-order valence-corrected chi connectivity index (χ2v) is 2.57. The number of halogens is 1. The minimum absolute atomic E-state index is 0. The zero-order valence-corrected chi connectivity index (χ0v) is 11.6. The molecule has 0 amide bonds. The molecule has 0 aromatic carbocycles. The van der Waals surface area contributed by atoms with Crippen LogP contribution in [0.5, 0.6) is 0 Å². The fourth-order valence-corrected chi connectivity index (χ4v) is 0.847. The summed E-state index contributed by atoms with van der Waals surface area (Å²) in [7, 11) is 0. The van der Waals surface area contributed by atoms with Crippen molar-refractivity contribution in [1.82, 2.24) is 4.98 Å². The summed E-state index contributed by atoms with van der Waals surface area (Å²) in [6.45, 7) is 0. The van der Waals surface area contributed by atoms with Gasteiger partial charge < -0.3 is 5.21 Å². The molecule has 0 bridgehead atoms. The molecule has 1 aromatic rings. The molecule has 0 spiro atoms. The van der Waals surface area contributed by atoms with Crippen LogP contribution in [0.2, 0.25) is 0 Å². The molecule has 1 aromatic heterocycles. The van der Waals surface area contributed by atoms with Gasteiger partial charge in [0.25, 0.3) is 0 Å². The van der Waals surface area contributed by atoms with Crippen LogP contribution in [-0.4, -0.2) is 27.1 Å². The van der Waals surface area contributed by atoms with E-state index in [0.29, 0.717) is 0 Å². The number of carbonyl (C=O) groups is 1. The van der Waals surface area contributed by atoms with Gasteiger partial charge in [0.2, 0.25) is 6.21 Å². The third-order valence-corrected chi connectivity index (χ3v) is 1.45. The molecular weight excluding hydrogens is 242 g/mol. The first-order valence-electron chi connectivity index (χ1n) is 3.91. The number of aromatic nitrogens is 1. The summed E-state index contributed by atoms with van der Waals surface area (Å²) in [5, 5.41) is 18.2. The van der Waals surface area contributed by atoms with E-state index in [-0.39, 0.29) is 56.9 Å². The van der Waals surface area contributed by atoms with Gasteiger partial charge in [0, 0.05) is 22.7 Å². The number of hydrogen-bond acceptors (Lipinski definition) is 4. The van der Waals surface area contributed by atoms with E-state index >= 15 is 0 Å². The Morgan fingerprint density at radius 3 is 2.81 bits per heavy atom. The smallest absolute Gasteiger partial charge is 0.418 e. The zero-order chi connectivity index (χ0) is 11.3. The number of ketones is 1. The molecule has 1 N–H and O–H groups in total. The summed E-state index contributed by atoms with van der Waals surface area (Å²) in [5.41, 5.74) is 0.0649. The van der Waals surface area contributed by atoms with Crippen molar-refractivity contribution in [2.24, 2.45) is 0 Å². The maximum Gasteiger partial charge on any atom is 1.00 e. The molecule has 5 nitrogen and oxygen atoms in total. The molecule has 0 aliphatic heterocycles. The van der Waals surface area contributed by atoms with Crippen LogP contribution in [0.25, 0.3) is 0 Å². The SMILES string of the molecule is O=C(/C=C/C=[N+](/[O-])O)c1cncc(F)c1.[K+]. The topological polar surface area (TPSA) is 76.3 Å². The molecule has 0 radical (unpaired) electrons. The van der Waals surface area contributed by atoms with Crippen molar-refractivity contribution >= 4 is 12.0 Å². The van der Waals surface area contributed by atoms with Crippen LogP contribution >= 0.6 is 0 Å². The van der Waals surface area contributed by atoms with E-state index in [9.17, 15) is 14.4 Å². The zero-order valence-electron chi connectivity index (χ0n) is 8.50. The van der Waals surface area contributed by atoms with Gasteiger partial charge in [-0.3, -0.25) is 15.0 Å². The molecule has 7 heteroatoms. The fourth-order valence-electron chi connectivity index (χ4n) is 0.847. The molecule has 78 valence electrons. The molecule has 0 saturated heterocycles. The van der Waals surface area contributed by atoms with Gasteiger partial charge in [0.1, 0.15) is 5.82 Å². The standard InChI is InChI=1S/C9H7FN2O3.K/c10-8-4-7(5-11-6-8)9(13)2-1-3-12(14)15;/h1-6H,(H,14,15);/q;+1/b2-1+;. The average molecular weight is 249 g/mol. The number of allylic oxidation sites excluding steroid dienone is 2. The summed E-state index contributed by atoms with van der Waals surface area (Å²) in [6, 6.07) is 1.02. The third kappa shape index (κ3) is 5.47. The Kier molecular flexibility index (Phi) is 7.35. The fraction of sp³-hybridized carbons (Fsp3) is 0. The predicted molar refractivity (Wildman–Crippen MR) is 49.1 cm³/mol. The van der Waals surface area contributed by atoms with Crippen molar-refractivity contribution in [3.63, 3.8) is 0 Å². The summed E-state index contributed by atoms with van der Waals surface area (Å²) < 4.78 is 12.6. The summed E-state index contributed by atoms with van der Waals surface area (Å²) in [4.78, 5) is 14.3. The molecule has 0 aliphatic rings. The Hall–Kier alpha value is -0.604. The quantitative estimate of drug-likeness (QED) is 0.127. The van der Waals surface area contributed by atoms with Crippen molar-refractivity contribution in [3.05, 3.63) is 47.2 Å². The third-order valence-electron chi connectivity index (χ3n) is 1.45. The Balaban J connectivity index is 0.00000225. The van der Waals surface area contributed by atoms with E-state index in [1.54, 1.807) is 0 Å². The Morgan fingerprint density at radius 1 is 1.56 bits per heavy atom. The van der Waals surface area contributed by atoms with Crippen LogP contribution in [-0.2, 0) is 0 Å². The van der Waals surface area contributed by atoms with Gasteiger partial charge in [-0.2, -0.15) is 0 Å². The maximum absolute atomic E-state index is 12.6. The van der Waals surface area contributed by atoms with Gasteiger partial charge in [-0.05, 0) is 12.1 Å². The number of hydrogen-bond donors (Lipinski definition) is 1. The number of rotatable bonds is 3. The van der Waals surface area contributed by atoms with E-state index in [1.165, 1.54) is 6.20 Å². The van der Waals surface area contributed by atoms with Crippen LogP contribution in [0.3, 0.4) is 0 Å². The molecule has 0 aliphatic carbocycles. The molecule has 0 unspecified atom stereocenters. The van der Waals surface area contributed by atoms with Gasteiger partial charge in [-0.1, -0.05) is 0 Å². The Morgan fingerprint density at radius 2 is 2.25 bits per heavy atom. The largest absolute Gasteiger partial charge is 1.00 e. The van der Waals surface area contributed by atoms with E-state index in [2.05, 4.69) is 4.98 Å². The number of nitrogens with zero attached hydrogens (tertiary/aromatic N) is 2. The minimum Gasteiger partial charge on any atom is -0.418 e. The van der Waals surface area contributed by atoms with Crippen LogP contribution in [0.15, 0.2) is 30.6 Å². The summed E-state index contributed by atoms with van der Waals surface area (Å²) in [6.07, 6.45) is 4.95. The first-order valence-corrected chi connectivity index (χ1v) is 3.91. The molecule has 16 heavy (non-hydrogen) atoms. The normalized spacial score (nSPS) is 11.2. The molecule has 0 atom stereocenters. The minimum atomic E-state index is -0.620. The first kappa shape index (κ1) is 15.4. The second kappa shape index (κ2) is 7.63. The van der Waals surface area contributed by atoms with Crippen molar-refractivity contribution in [2.45, 2.75) is 0 Å². The monoisotopic (exact) mass is 249 g/mol. The van der Waals surface area contributed by atoms with Crippen LogP contribution in [0, 0.1) is 11.0 Å². The van der Waals surface area contributed by atoms with Crippen LogP contribution < -0.4 is 51.4 Å². The Labute approximate surface area is 133 Å². The predicted octanol–water partition coefficient (Wildman–Crippen LogP) is -2.07. The summed E-state index contributed by atoms with van der Waals surface area (Å²) in [5.74, 6) is -1.13. The Bertz CT molecular complexity index is 431. The molecule has 0 fully saturated rings. The van der Waals surface area contributed by atoms with Gasteiger partial charge >= 0.3 is 51.4 Å². The van der Waals surface area contributed by atoms with Crippen molar-refractivity contribution in [2.75, 3.05) is 0 Å². The van der Waals surface area contributed by atoms with E-state index in [4.69, 9.17) is 5.21 Å². The number of carbonyl (C=O) groups excluding carboxylic acids is 1. The second-order valence-electron chi connectivity index (χ2n) is 2.57. The van der Waals surface area contributed by atoms with E-state index in [1.807, 2.05) is 0 Å². The molecule has 0 saturated carbocycles.